The van der Waals surface area contributed by atoms with E-state index >= 15 is 0 Å². The summed E-state index contributed by atoms with van der Waals surface area (Å²) in [5, 5.41) is 8.76. The zero-order chi connectivity index (χ0) is 12.3. The third kappa shape index (κ3) is 3.16. The predicted octanol–water partition coefficient (Wildman–Crippen LogP) is 0.743. The number of carboxylic acids is 1. The molecule has 4 heteroatoms. The number of pyridine rings is 1. The van der Waals surface area contributed by atoms with Gasteiger partial charge in [-0.15, -0.1) is 0 Å². The Kier molecular flexibility index (Phi) is 3.57. The van der Waals surface area contributed by atoms with Gasteiger partial charge in [0.2, 0.25) is 0 Å². The van der Waals surface area contributed by atoms with Crippen LogP contribution in [0.4, 0.5) is 0 Å². The quantitative estimate of drug-likeness (QED) is 0.849. The summed E-state index contributed by atoms with van der Waals surface area (Å²) < 4.78 is 2.17. The SMILES string of the molecule is Cc1ccc([Se]c2ccc(C(=O)O)cn2)cc1. The summed E-state index contributed by atoms with van der Waals surface area (Å²) in [5.74, 6) is -0.938. The van der Waals surface area contributed by atoms with Crippen molar-refractivity contribution in [2.45, 2.75) is 6.92 Å². The van der Waals surface area contributed by atoms with Gasteiger partial charge in [0.25, 0.3) is 0 Å². The molecule has 2 rings (SSSR count). The standard InChI is InChI=1S/C13H11NO2Se/c1-9-2-5-11(6-3-9)17-12-7-4-10(8-14-12)13(15)16/h2-8H,1H3,(H,15,16). The minimum atomic E-state index is -0.938. The van der Waals surface area contributed by atoms with Crippen LogP contribution in [0.2, 0.25) is 0 Å². The molecule has 0 aliphatic heterocycles. The summed E-state index contributed by atoms with van der Waals surface area (Å²) in [6, 6.07) is 11.7. The normalized spacial score (nSPS) is 10.2. The molecule has 0 aliphatic rings. The molecule has 3 nitrogen and oxygen atoms in total. The number of nitrogens with zero attached hydrogens (tertiary/aromatic N) is 1. The van der Waals surface area contributed by atoms with Crippen LogP contribution in [0, 0.1) is 6.92 Å². The van der Waals surface area contributed by atoms with Crippen molar-refractivity contribution in [3.63, 3.8) is 0 Å². The van der Waals surface area contributed by atoms with Crippen LogP contribution in [0.25, 0.3) is 0 Å². The molecule has 0 saturated carbocycles. The number of hydrogen-bond acceptors (Lipinski definition) is 2. The molecule has 0 radical (unpaired) electrons. The summed E-state index contributed by atoms with van der Waals surface area (Å²) in [5.41, 5.74) is 1.46. The molecule has 0 saturated heterocycles. The van der Waals surface area contributed by atoms with Crippen LogP contribution >= 0.6 is 0 Å². The average Bonchev–Trinajstić information content (AvgIpc) is 2.33. The van der Waals surface area contributed by atoms with Crippen LogP contribution in [0.5, 0.6) is 0 Å². The van der Waals surface area contributed by atoms with E-state index in [0.29, 0.717) is 0 Å². The Morgan fingerprint density at radius 1 is 1.18 bits per heavy atom. The fourth-order valence-electron chi connectivity index (χ4n) is 1.29. The third-order valence-electron chi connectivity index (χ3n) is 2.23. The number of rotatable bonds is 3. The second-order valence-corrected chi connectivity index (χ2v) is 5.90. The van der Waals surface area contributed by atoms with Crippen molar-refractivity contribution in [1.29, 1.82) is 0 Å². The molecular formula is C13H11NO2Se. The molecule has 0 fully saturated rings. The van der Waals surface area contributed by atoms with Crippen LogP contribution in [0.3, 0.4) is 0 Å². The molecule has 0 aliphatic carbocycles. The first kappa shape index (κ1) is 11.8. The fourth-order valence-corrected chi connectivity index (χ4v) is 2.88. The van der Waals surface area contributed by atoms with Crippen molar-refractivity contribution >= 4 is 30.0 Å². The zero-order valence-corrected chi connectivity index (χ0v) is 11.0. The Bertz CT molecular complexity index is 520. The first-order valence-corrected chi connectivity index (χ1v) is 6.80. The van der Waals surface area contributed by atoms with Gasteiger partial charge in [-0.2, -0.15) is 0 Å². The third-order valence-corrected chi connectivity index (χ3v) is 4.24. The molecule has 86 valence electrons. The molecule has 1 N–H and O–H groups in total. The Labute approximate surface area is 106 Å². The van der Waals surface area contributed by atoms with Crippen molar-refractivity contribution < 1.29 is 9.90 Å². The Morgan fingerprint density at radius 2 is 1.88 bits per heavy atom. The van der Waals surface area contributed by atoms with E-state index in [1.165, 1.54) is 16.2 Å². The number of aromatic carboxylic acids is 1. The van der Waals surface area contributed by atoms with Crippen molar-refractivity contribution in [3.05, 3.63) is 53.7 Å². The van der Waals surface area contributed by atoms with E-state index in [4.69, 9.17) is 5.11 Å². The van der Waals surface area contributed by atoms with E-state index in [0.717, 1.165) is 4.59 Å². The van der Waals surface area contributed by atoms with Gasteiger partial charge >= 0.3 is 106 Å². The molecule has 1 aromatic heterocycles. The number of carbonyl (C=O) groups is 1. The van der Waals surface area contributed by atoms with Gasteiger partial charge in [-0.05, 0) is 0 Å². The summed E-state index contributed by atoms with van der Waals surface area (Å²) in [7, 11) is 0. The number of carboxylic acid groups (broad SMARTS) is 1. The van der Waals surface area contributed by atoms with Gasteiger partial charge < -0.3 is 0 Å². The first-order chi connectivity index (χ1) is 8.15. The van der Waals surface area contributed by atoms with E-state index in [-0.39, 0.29) is 20.5 Å². The maximum atomic E-state index is 10.7. The van der Waals surface area contributed by atoms with E-state index in [1.54, 1.807) is 12.1 Å². The second-order valence-electron chi connectivity index (χ2n) is 3.61. The van der Waals surface area contributed by atoms with Crippen LogP contribution in [-0.4, -0.2) is 31.0 Å². The molecule has 0 atom stereocenters. The molecule has 0 bridgehead atoms. The van der Waals surface area contributed by atoms with Gasteiger partial charge in [-0.3, -0.25) is 0 Å². The van der Waals surface area contributed by atoms with E-state index < -0.39 is 5.97 Å². The molecule has 0 amide bonds. The summed E-state index contributed by atoms with van der Waals surface area (Å²) in [6.07, 6.45) is 1.41. The van der Waals surface area contributed by atoms with Crippen LogP contribution in [-0.2, 0) is 0 Å². The first-order valence-electron chi connectivity index (χ1n) is 5.09. The Hall–Kier alpha value is -1.64. The van der Waals surface area contributed by atoms with Crippen LogP contribution in [0.1, 0.15) is 15.9 Å². The number of benzene rings is 1. The van der Waals surface area contributed by atoms with Crippen LogP contribution < -0.4 is 9.05 Å². The van der Waals surface area contributed by atoms with Gasteiger partial charge in [-0.1, -0.05) is 0 Å². The zero-order valence-electron chi connectivity index (χ0n) is 9.25. The Balaban J connectivity index is 2.13. The van der Waals surface area contributed by atoms with E-state index in [9.17, 15) is 4.79 Å². The van der Waals surface area contributed by atoms with Gasteiger partial charge in [-0.25, -0.2) is 0 Å². The molecular weight excluding hydrogens is 281 g/mol. The monoisotopic (exact) mass is 293 g/mol. The maximum absolute atomic E-state index is 10.7. The summed E-state index contributed by atoms with van der Waals surface area (Å²) in [4.78, 5) is 14.8. The van der Waals surface area contributed by atoms with Crippen molar-refractivity contribution in [1.82, 2.24) is 4.98 Å². The molecule has 0 spiro atoms. The molecule has 1 aromatic carbocycles. The average molecular weight is 292 g/mol. The minimum absolute atomic E-state index is 0.130. The Morgan fingerprint density at radius 3 is 2.41 bits per heavy atom. The topological polar surface area (TPSA) is 50.2 Å². The van der Waals surface area contributed by atoms with Gasteiger partial charge in [0.15, 0.2) is 0 Å². The molecule has 0 unspecified atom stereocenters. The molecule has 2 aromatic rings. The molecule has 17 heavy (non-hydrogen) atoms. The van der Waals surface area contributed by atoms with Gasteiger partial charge in [0.1, 0.15) is 0 Å². The number of hydrogen-bond donors (Lipinski definition) is 1. The number of aromatic nitrogens is 1. The fraction of sp³-hybridized carbons (Fsp3) is 0.0769. The van der Waals surface area contributed by atoms with Crippen LogP contribution in [0.15, 0.2) is 42.6 Å². The summed E-state index contributed by atoms with van der Waals surface area (Å²) >= 11 is 0.130. The second kappa shape index (κ2) is 5.13. The van der Waals surface area contributed by atoms with E-state index in [1.807, 2.05) is 0 Å². The van der Waals surface area contributed by atoms with Crippen molar-refractivity contribution in [2.75, 3.05) is 0 Å². The van der Waals surface area contributed by atoms with E-state index in [2.05, 4.69) is 36.2 Å². The predicted molar refractivity (Wildman–Crippen MR) is 67.4 cm³/mol. The van der Waals surface area contributed by atoms with Crippen molar-refractivity contribution in [3.8, 4) is 0 Å². The number of aryl methyl sites for hydroxylation is 1. The van der Waals surface area contributed by atoms with Crippen molar-refractivity contribution in [2.24, 2.45) is 0 Å². The van der Waals surface area contributed by atoms with Gasteiger partial charge in [0.05, 0.1) is 0 Å². The molecule has 1 heterocycles. The summed E-state index contributed by atoms with van der Waals surface area (Å²) in [6.45, 7) is 2.05. The van der Waals surface area contributed by atoms with Gasteiger partial charge in [0, 0.05) is 0 Å².